The number of hydrogen-bond donors (Lipinski definition) is 1. The molecule has 1 aromatic heterocycles. The molecule has 24 heavy (non-hydrogen) atoms. The fourth-order valence-electron chi connectivity index (χ4n) is 2.59. The van der Waals surface area contributed by atoms with Gasteiger partial charge in [-0.05, 0) is 26.3 Å². The minimum absolute atomic E-state index is 0.140. The van der Waals surface area contributed by atoms with Gasteiger partial charge < -0.3 is 14.6 Å². The zero-order valence-corrected chi connectivity index (χ0v) is 14.5. The molecular weight excluding hydrogens is 306 g/mol. The fourth-order valence-corrected chi connectivity index (χ4v) is 2.59. The van der Waals surface area contributed by atoms with Gasteiger partial charge in [0.05, 0.1) is 5.69 Å². The number of benzene rings is 1. The lowest BCUT2D eigenvalue weighted by Crippen LogP contribution is -2.43. The average molecular weight is 329 g/mol. The highest BCUT2D eigenvalue weighted by Gasteiger charge is 2.28. The lowest BCUT2D eigenvalue weighted by atomic mass is 10.1. The summed E-state index contributed by atoms with van der Waals surface area (Å²) in [5.74, 6) is -0.0272. The van der Waals surface area contributed by atoms with Gasteiger partial charge >= 0.3 is 0 Å². The molecule has 6 heteroatoms. The monoisotopic (exact) mass is 329 g/mol. The molecule has 1 atom stereocenters. The summed E-state index contributed by atoms with van der Waals surface area (Å²) >= 11 is 0. The van der Waals surface area contributed by atoms with Crippen LogP contribution in [0.3, 0.4) is 0 Å². The molecule has 0 fully saturated rings. The second-order valence-corrected chi connectivity index (χ2v) is 5.48. The molecule has 0 aliphatic heterocycles. The largest absolute Gasteiger partial charge is 0.436 e. The van der Waals surface area contributed by atoms with Crippen molar-refractivity contribution in [3.8, 4) is 0 Å². The maximum atomic E-state index is 12.8. The molecule has 1 heterocycles. The number of oxazole rings is 1. The fraction of sp³-hybridized carbons (Fsp3) is 0.389. The van der Waals surface area contributed by atoms with Crippen molar-refractivity contribution in [2.45, 2.75) is 33.7 Å². The summed E-state index contributed by atoms with van der Waals surface area (Å²) in [5.41, 5.74) is 1.24. The Balaban J connectivity index is 2.31. The van der Waals surface area contributed by atoms with Gasteiger partial charge in [0.25, 0.3) is 5.91 Å². The number of aromatic nitrogens is 1. The van der Waals surface area contributed by atoms with Gasteiger partial charge in [0.2, 0.25) is 11.7 Å². The lowest BCUT2D eigenvalue weighted by Gasteiger charge is -2.26. The first-order chi connectivity index (χ1) is 11.5. The van der Waals surface area contributed by atoms with E-state index in [-0.39, 0.29) is 11.7 Å². The molecule has 0 unspecified atom stereocenters. The molecule has 2 rings (SSSR count). The van der Waals surface area contributed by atoms with Gasteiger partial charge in [-0.3, -0.25) is 9.59 Å². The van der Waals surface area contributed by atoms with E-state index in [1.165, 1.54) is 0 Å². The molecule has 0 aliphatic carbocycles. The second-order valence-electron chi connectivity index (χ2n) is 5.48. The Hall–Kier alpha value is -2.63. The van der Waals surface area contributed by atoms with Gasteiger partial charge in [-0.15, -0.1) is 0 Å². The number of rotatable bonds is 6. The van der Waals surface area contributed by atoms with Gasteiger partial charge in [0.1, 0.15) is 6.04 Å². The summed E-state index contributed by atoms with van der Waals surface area (Å²) < 4.78 is 5.36. The third-order valence-electron chi connectivity index (χ3n) is 3.84. The Morgan fingerprint density at radius 1 is 1.17 bits per heavy atom. The van der Waals surface area contributed by atoms with Crippen molar-refractivity contribution in [3.05, 3.63) is 53.2 Å². The molecule has 6 nitrogen and oxygen atoms in total. The Morgan fingerprint density at radius 2 is 1.79 bits per heavy atom. The molecule has 2 amide bonds. The van der Waals surface area contributed by atoms with Crippen molar-refractivity contribution < 1.29 is 14.0 Å². The molecule has 0 saturated heterocycles. The Bertz CT molecular complexity index is 706. The number of amides is 2. The zero-order chi connectivity index (χ0) is 17.7. The topological polar surface area (TPSA) is 75.4 Å². The van der Waals surface area contributed by atoms with E-state index in [1.807, 2.05) is 44.2 Å². The molecule has 0 saturated carbocycles. The van der Waals surface area contributed by atoms with Crippen molar-refractivity contribution in [1.82, 2.24) is 15.2 Å². The second kappa shape index (κ2) is 7.77. The van der Waals surface area contributed by atoms with E-state index < -0.39 is 11.9 Å². The molecular formula is C18H23N3O3. The van der Waals surface area contributed by atoms with E-state index in [0.29, 0.717) is 24.7 Å². The number of hydrogen-bond acceptors (Lipinski definition) is 4. The normalized spacial score (nSPS) is 11.8. The maximum absolute atomic E-state index is 12.8. The first-order valence-electron chi connectivity index (χ1n) is 8.06. The van der Waals surface area contributed by atoms with E-state index >= 15 is 0 Å². The number of nitrogens with zero attached hydrogens (tertiary/aromatic N) is 2. The Kier molecular flexibility index (Phi) is 5.73. The van der Waals surface area contributed by atoms with E-state index in [9.17, 15) is 9.59 Å². The van der Waals surface area contributed by atoms with Crippen molar-refractivity contribution >= 4 is 11.8 Å². The third kappa shape index (κ3) is 3.82. The summed E-state index contributed by atoms with van der Waals surface area (Å²) in [6.45, 7) is 8.36. The van der Waals surface area contributed by atoms with Crippen LogP contribution in [0.1, 0.15) is 47.6 Å². The summed E-state index contributed by atoms with van der Waals surface area (Å²) in [7, 11) is 0. The van der Waals surface area contributed by atoms with E-state index in [1.54, 1.807) is 18.7 Å². The quantitative estimate of drug-likeness (QED) is 0.884. The lowest BCUT2D eigenvalue weighted by molar-refractivity contribution is -0.133. The molecule has 0 aliphatic rings. The van der Waals surface area contributed by atoms with Crippen LogP contribution < -0.4 is 5.32 Å². The zero-order valence-electron chi connectivity index (χ0n) is 14.5. The first-order valence-corrected chi connectivity index (χ1v) is 8.06. The Labute approximate surface area is 141 Å². The van der Waals surface area contributed by atoms with Crippen molar-refractivity contribution in [1.29, 1.82) is 0 Å². The van der Waals surface area contributed by atoms with Gasteiger partial charge in [0, 0.05) is 20.0 Å². The van der Waals surface area contributed by atoms with Crippen LogP contribution in [0, 0.1) is 13.8 Å². The van der Waals surface area contributed by atoms with Crippen LogP contribution in [0.2, 0.25) is 0 Å². The number of carbonyl (C=O) groups is 2. The van der Waals surface area contributed by atoms with Crippen LogP contribution in [0.4, 0.5) is 0 Å². The van der Waals surface area contributed by atoms with Crippen LogP contribution in [-0.2, 0) is 4.79 Å². The molecule has 2 aromatic rings. The highest BCUT2D eigenvalue weighted by molar-refractivity contribution is 5.96. The number of carbonyl (C=O) groups excluding carboxylic acids is 2. The summed E-state index contributed by atoms with van der Waals surface area (Å²) in [6, 6.07) is 8.44. The van der Waals surface area contributed by atoms with Crippen molar-refractivity contribution in [2.75, 3.05) is 13.1 Å². The average Bonchev–Trinajstić information content (AvgIpc) is 2.92. The maximum Gasteiger partial charge on any atom is 0.289 e. The summed E-state index contributed by atoms with van der Waals surface area (Å²) in [6.07, 6.45) is 0. The van der Waals surface area contributed by atoms with Crippen LogP contribution in [0.15, 0.2) is 34.7 Å². The number of nitrogens with one attached hydrogen (secondary N) is 1. The minimum Gasteiger partial charge on any atom is -0.436 e. The molecule has 1 aromatic carbocycles. The Morgan fingerprint density at radius 3 is 2.29 bits per heavy atom. The smallest absolute Gasteiger partial charge is 0.289 e. The van der Waals surface area contributed by atoms with Crippen molar-refractivity contribution in [3.63, 3.8) is 0 Å². The standard InChI is InChI=1S/C18H23N3O3/c1-5-21(6-2)18(23)15(14-10-8-7-9-11-14)20-17(22)16-12(3)19-13(4)24-16/h7-11,15H,5-6H2,1-4H3,(H,20,22)/t15-/m0/s1. The van der Waals surface area contributed by atoms with E-state index in [4.69, 9.17) is 4.42 Å². The minimum atomic E-state index is -0.761. The highest BCUT2D eigenvalue weighted by Crippen LogP contribution is 2.18. The van der Waals surface area contributed by atoms with Crippen LogP contribution in [-0.4, -0.2) is 34.8 Å². The molecule has 0 spiro atoms. The molecule has 0 bridgehead atoms. The van der Waals surface area contributed by atoms with Gasteiger partial charge in [-0.25, -0.2) is 4.98 Å². The predicted molar refractivity (Wildman–Crippen MR) is 90.6 cm³/mol. The van der Waals surface area contributed by atoms with Crippen LogP contribution in [0.25, 0.3) is 0 Å². The van der Waals surface area contributed by atoms with Crippen molar-refractivity contribution in [2.24, 2.45) is 0 Å². The SMILES string of the molecule is CCN(CC)C(=O)[C@@H](NC(=O)c1oc(C)nc1C)c1ccccc1. The van der Waals surface area contributed by atoms with Gasteiger partial charge in [-0.2, -0.15) is 0 Å². The van der Waals surface area contributed by atoms with Gasteiger partial charge in [0.15, 0.2) is 5.89 Å². The summed E-state index contributed by atoms with van der Waals surface area (Å²) in [5, 5.41) is 2.79. The van der Waals surface area contributed by atoms with Crippen LogP contribution in [0.5, 0.6) is 0 Å². The highest BCUT2D eigenvalue weighted by atomic mass is 16.4. The van der Waals surface area contributed by atoms with E-state index in [2.05, 4.69) is 10.3 Å². The summed E-state index contributed by atoms with van der Waals surface area (Å²) in [4.78, 5) is 31.2. The predicted octanol–water partition coefficient (Wildman–Crippen LogP) is 2.63. The number of aryl methyl sites for hydroxylation is 2. The molecule has 128 valence electrons. The first kappa shape index (κ1) is 17.7. The van der Waals surface area contributed by atoms with Crippen LogP contribution >= 0.6 is 0 Å². The number of likely N-dealkylation sites (N-methyl/N-ethyl adjacent to an activating group) is 1. The molecule has 1 N–H and O–H groups in total. The van der Waals surface area contributed by atoms with E-state index in [0.717, 1.165) is 5.56 Å². The third-order valence-corrected chi connectivity index (χ3v) is 3.84. The van der Waals surface area contributed by atoms with Gasteiger partial charge in [-0.1, -0.05) is 30.3 Å². The molecule has 0 radical (unpaired) electrons.